The summed E-state index contributed by atoms with van der Waals surface area (Å²) in [5.74, 6) is -0.883. The first-order valence-corrected chi connectivity index (χ1v) is 7.29. The highest BCUT2D eigenvalue weighted by Crippen LogP contribution is 2.10. The van der Waals surface area contributed by atoms with Crippen molar-refractivity contribution in [1.29, 1.82) is 0 Å². The molecule has 2 amide bonds. The number of urea groups is 1. The Kier molecular flexibility index (Phi) is 6.85. The van der Waals surface area contributed by atoms with Gasteiger partial charge in [-0.25, -0.2) is 4.79 Å². The molecule has 0 unspecified atom stereocenters. The monoisotopic (exact) mass is 308 g/mol. The van der Waals surface area contributed by atoms with Crippen LogP contribution in [0.2, 0.25) is 0 Å². The first-order valence-electron chi connectivity index (χ1n) is 7.29. The van der Waals surface area contributed by atoms with Gasteiger partial charge in [0.25, 0.3) is 0 Å². The third-order valence-corrected chi connectivity index (χ3v) is 2.92. The number of carboxylic acid groups (broad SMARTS) is 1. The van der Waals surface area contributed by atoms with E-state index in [2.05, 4.69) is 5.32 Å². The first-order chi connectivity index (χ1) is 10.3. The third kappa shape index (κ3) is 7.64. The van der Waals surface area contributed by atoms with Crippen LogP contribution in [-0.4, -0.2) is 45.8 Å². The number of carboxylic acids is 1. The zero-order chi connectivity index (χ0) is 16.6. The molecule has 0 radical (unpaired) electrons. The predicted octanol–water partition coefficient (Wildman–Crippen LogP) is 1.83. The second-order valence-corrected chi connectivity index (χ2v) is 5.88. The van der Waals surface area contributed by atoms with E-state index in [1.165, 1.54) is 4.90 Å². The van der Waals surface area contributed by atoms with E-state index < -0.39 is 11.6 Å². The molecule has 6 heteroatoms. The summed E-state index contributed by atoms with van der Waals surface area (Å²) in [5, 5.41) is 21.2. The lowest BCUT2D eigenvalue weighted by Crippen LogP contribution is -2.46. The van der Waals surface area contributed by atoms with Gasteiger partial charge in [-0.3, -0.25) is 4.79 Å². The highest BCUT2D eigenvalue weighted by molar-refractivity contribution is 5.74. The van der Waals surface area contributed by atoms with Crippen molar-refractivity contribution in [3.8, 4) is 0 Å². The lowest BCUT2D eigenvalue weighted by molar-refractivity contribution is -0.137. The molecule has 0 aromatic heterocycles. The van der Waals surface area contributed by atoms with E-state index in [1.807, 2.05) is 30.3 Å². The van der Waals surface area contributed by atoms with Crippen molar-refractivity contribution < 1.29 is 19.8 Å². The van der Waals surface area contributed by atoms with Crippen molar-refractivity contribution >= 4 is 12.0 Å². The Morgan fingerprint density at radius 3 is 2.41 bits per heavy atom. The maximum atomic E-state index is 12.2. The fourth-order valence-electron chi connectivity index (χ4n) is 2.02. The summed E-state index contributed by atoms with van der Waals surface area (Å²) in [6.07, 6.45) is 0.396. The molecule has 0 atom stereocenters. The van der Waals surface area contributed by atoms with Crippen LogP contribution in [0.1, 0.15) is 32.3 Å². The molecule has 1 rings (SSSR count). The fraction of sp³-hybridized carbons (Fsp3) is 0.500. The summed E-state index contributed by atoms with van der Waals surface area (Å²) in [5.41, 5.74) is -0.0415. The first kappa shape index (κ1) is 18.0. The Morgan fingerprint density at radius 2 is 1.86 bits per heavy atom. The zero-order valence-corrected chi connectivity index (χ0v) is 13.1. The van der Waals surface area contributed by atoms with Gasteiger partial charge in [0.15, 0.2) is 0 Å². The number of carbonyl (C=O) groups excluding carboxylic acids is 1. The third-order valence-electron chi connectivity index (χ3n) is 2.92. The summed E-state index contributed by atoms with van der Waals surface area (Å²) < 4.78 is 0. The summed E-state index contributed by atoms with van der Waals surface area (Å²) >= 11 is 0. The van der Waals surface area contributed by atoms with Gasteiger partial charge in [0.1, 0.15) is 0 Å². The van der Waals surface area contributed by atoms with Gasteiger partial charge >= 0.3 is 12.0 Å². The Labute approximate surface area is 130 Å². The molecular formula is C16H24N2O4. The normalized spacial score (nSPS) is 11.0. The Balaban J connectivity index is 2.60. The molecule has 0 spiro atoms. The molecule has 0 saturated carbocycles. The highest BCUT2D eigenvalue weighted by Gasteiger charge is 2.22. The van der Waals surface area contributed by atoms with E-state index in [1.54, 1.807) is 13.8 Å². The lowest BCUT2D eigenvalue weighted by atomic mass is 10.1. The molecule has 0 aliphatic heterocycles. The molecule has 0 saturated heterocycles. The average molecular weight is 308 g/mol. The molecule has 0 bridgehead atoms. The van der Waals surface area contributed by atoms with E-state index in [-0.39, 0.29) is 19.0 Å². The van der Waals surface area contributed by atoms with Gasteiger partial charge in [-0.1, -0.05) is 30.3 Å². The zero-order valence-electron chi connectivity index (χ0n) is 13.1. The van der Waals surface area contributed by atoms with Crippen LogP contribution >= 0.6 is 0 Å². The van der Waals surface area contributed by atoms with E-state index in [9.17, 15) is 14.7 Å². The number of carbonyl (C=O) groups is 2. The second kappa shape index (κ2) is 8.38. The smallest absolute Gasteiger partial charge is 0.317 e. The molecule has 22 heavy (non-hydrogen) atoms. The molecule has 0 aliphatic rings. The van der Waals surface area contributed by atoms with Crippen LogP contribution in [0.15, 0.2) is 30.3 Å². The molecule has 3 N–H and O–H groups in total. The second-order valence-electron chi connectivity index (χ2n) is 5.88. The maximum absolute atomic E-state index is 12.2. The highest BCUT2D eigenvalue weighted by atomic mass is 16.4. The largest absolute Gasteiger partial charge is 0.481 e. The molecule has 0 heterocycles. The Morgan fingerprint density at radius 1 is 1.23 bits per heavy atom. The quantitative estimate of drug-likeness (QED) is 0.639. The number of aliphatic hydroxyl groups is 1. The van der Waals surface area contributed by atoms with Crippen LogP contribution in [0, 0.1) is 0 Å². The molecule has 6 nitrogen and oxygen atoms in total. The number of aliphatic carboxylic acids is 1. The van der Waals surface area contributed by atoms with Gasteiger partial charge in [0, 0.05) is 19.5 Å². The number of nitrogens with zero attached hydrogens (tertiary/aromatic N) is 1. The van der Waals surface area contributed by atoms with E-state index in [0.29, 0.717) is 19.5 Å². The van der Waals surface area contributed by atoms with E-state index in [0.717, 1.165) is 5.56 Å². The molecule has 0 fully saturated rings. The maximum Gasteiger partial charge on any atom is 0.317 e. The Hall–Kier alpha value is -2.08. The van der Waals surface area contributed by atoms with Gasteiger partial charge in [0.05, 0.1) is 12.1 Å². The van der Waals surface area contributed by atoms with Crippen molar-refractivity contribution in [2.75, 3.05) is 13.1 Å². The van der Waals surface area contributed by atoms with Crippen LogP contribution < -0.4 is 5.32 Å². The number of hydrogen-bond acceptors (Lipinski definition) is 3. The van der Waals surface area contributed by atoms with Crippen molar-refractivity contribution in [2.45, 2.75) is 38.8 Å². The predicted molar refractivity (Wildman–Crippen MR) is 83.4 cm³/mol. The van der Waals surface area contributed by atoms with E-state index >= 15 is 0 Å². The summed E-state index contributed by atoms with van der Waals surface area (Å²) in [4.78, 5) is 24.2. The number of nitrogens with one attached hydrogen (secondary N) is 1. The number of hydrogen-bond donors (Lipinski definition) is 3. The van der Waals surface area contributed by atoms with Crippen LogP contribution in [0.25, 0.3) is 0 Å². The Bertz CT molecular complexity index is 483. The van der Waals surface area contributed by atoms with Gasteiger partial charge in [-0.05, 0) is 25.8 Å². The van der Waals surface area contributed by atoms with Crippen LogP contribution in [0.4, 0.5) is 4.79 Å². The SMILES string of the molecule is CC(C)(O)CN(Cc1ccccc1)C(=O)NCCCC(=O)O. The molecule has 1 aromatic carbocycles. The molecule has 1 aromatic rings. The minimum atomic E-state index is -1.01. The summed E-state index contributed by atoms with van der Waals surface area (Å²) in [6, 6.07) is 9.20. The minimum absolute atomic E-state index is 0.0183. The van der Waals surface area contributed by atoms with Crippen LogP contribution in [0.3, 0.4) is 0 Å². The van der Waals surface area contributed by atoms with Gasteiger partial charge in [-0.2, -0.15) is 0 Å². The molecular weight excluding hydrogens is 284 g/mol. The van der Waals surface area contributed by atoms with Crippen molar-refractivity contribution in [3.05, 3.63) is 35.9 Å². The van der Waals surface area contributed by atoms with Crippen molar-refractivity contribution in [3.63, 3.8) is 0 Å². The topological polar surface area (TPSA) is 89.9 Å². The van der Waals surface area contributed by atoms with Crippen molar-refractivity contribution in [2.24, 2.45) is 0 Å². The number of benzene rings is 1. The van der Waals surface area contributed by atoms with E-state index in [4.69, 9.17) is 5.11 Å². The van der Waals surface area contributed by atoms with Crippen LogP contribution in [0.5, 0.6) is 0 Å². The fourth-order valence-corrected chi connectivity index (χ4v) is 2.02. The number of rotatable bonds is 8. The summed E-state index contributed by atoms with van der Waals surface area (Å²) in [6.45, 7) is 4.15. The van der Waals surface area contributed by atoms with Gasteiger partial charge in [-0.15, -0.1) is 0 Å². The molecule has 122 valence electrons. The lowest BCUT2D eigenvalue weighted by Gasteiger charge is -2.29. The number of amides is 2. The average Bonchev–Trinajstić information content (AvgIpc) is 2.42. The van der Waals surface area contributed by atoms with Crippen LogP contribution in [-0.2, 0) is 11.3 Å². The van der Waals surface area contributed by atoms with Gasteiger partial charge in [0.2, 0.25) is 0 Å². The molecule has 0 aliphatic carbocycles. The van der Waals surface area contributed by atoms with Gasteiger partial charge < -0.3 is 20.4 Å². The summed E-state index contributed by atoms with van der Waals surface area (Å²) in [7, 11) is 0. The standard InChI is InChI=1S/C16H24N2O4/c1-16(2,22)12-18(11-13-7-4-3-5-8-13)15(21)17-10-6-9-14(19)20/h3-5,7-8,22H,6,9-12H2,1-2H3,(H,17,21)(H,19,20). The minimum Gasteiger partial charge on any atom is -0.481 e. The van der Waals surface area contributed by atoms with Crippen molar-refractivity contribution in [1.82, 2.24) is 10.2 Å².